The predicted octanol–water partition coefficient (Wildman–Crippen LogP) is 2.42. The molecule has 25 heavy (non-hydrogen) atoms. The number of aryl methyl sites for hydroxylation is 2. The molecule has 0 N–H and O–H groups in total. The van der Waals surface area contributed by atoms with Gasteiger partial charge < -0.3 is 14.5 Å². The SMILES string of the molecule is COc1ccc(N2CCN(C(=O)[C@@H](C)n3nc(C)cc3C)CC2)cc1. The first kappa shape index (κ1) is 17.3. The highest BCUT2D eigenvalue weighted by Gasteiger charge is 2.27. The number of nitrogens with zero attached hydrogens (tertiary/aromatic N) is 4. The monoisotopic (exact) mass is 342 g/mol. The molecule has 0 radical (unpaired) electrons. The van der Waals surface area contributed by atoms with Crippen molar-refractivity contribution in [2.24, 2.45) is 0 Å². The molecule has 0 saturated carbocycles. The van der Waals surface area contributed by atoms with Gasteiger partial charge in [-0.3, -0.25) is 9.48 Å². The van der Waals surface area contributed by atoms with E-state index in [0.29, 0.717) is 0 Å². The average molecular weight is 342 g/mol. The van der Waals surface area contributed by atoms with Crippen LogP contribution in [-0.2, 0) is 4.79 Å². The Hall–Kier alpha value is -2.50. The molecular formula is C19H26N4O2. The van der Waals surface area contributed by atoms with E-state index in [0.717, 1.165) is 43.3 Å². The van der Waals surface area contributed by atoms with Crippen molar-refractivity contribution in [1.82, 2.24) is 14.7 Å². The average Bonchev–Trinajstić information content (AvgIpc) is 2.99. The van der Waals surface area contributed by atoms with E-state index >= 15 is 0 Å². The number of carbonyl (C=O) groups excluding carboxylic acids is 1. The first-order valence-corrected chi connectivity index (χ1v) is 8.70. The number of piperazine rings is 1. The number of anilines is 1. The molecule has 1 aromatic heterocycles. The second kappa shape index (κ2) is 7.17. The van der Waals surface area contributed by atoms with Gasteiger partial charge in [0.15, 0.2) is 0 Å². The summed E-state index contributed by atoms with van der Waals surface area (Å²) >= 11 is 0. The lowest BCUT2D eigenvalue weighted by Gasteiger charge is -2.37. The Morgan fingerprint density at radius 2 is 1.76 bits per heavy atom. The van der Waals surface area contributed by atoms with Gasteiger partial charge in [-0.05, 0) is 51.1 Å². The van der Waals surface area contributed by atoms with Gasteiger partial charge in [-0.25, -0.2) is 0 Å². The zero-order valence-corrected chi connectivity index (χ0v) is 15.4. The molecule has 6 heteroatoms. The van der Waals surface area contributed by atoms with Crippen LogP contribution >= 0.6 is 0 Å². The van der Waals surface area contributed by atoms with Crippen LogP contribution < -0.4 is 9.64 Å². The fourth-order valence-electron chi connectivity index (χ4n) is 3.39. The molecule has 1 aromatic carbocycles. The highest BCUT2D eigenvalue weighted by molar-refractivity contribution is 5.80. The molecule has 0 aliphatic carbocycles. The van der Waals surface area contributed by atoms with Gasteiger partial charge in [0.1, 0.15) is 11.8 Å². The Morgan fingerprint density at radius 3 is 2.28 bits per heavy atom. The minimum absolute atomic E-state index is 0.139. The normalized spacial score (nSPS) is 16.0. The van der Waals surface area contributed by atoms with E-state index in [2.05, 4.69) is 22.1 Å². The lowest BCUT2D eigenvalue weighted by Crippen LogP contribution is -2.50. The van der Waals surface area contributed by atoms with E-state index in [-0.39, 0.29) is 11.9 Å². The number of ether oxygens (including phenoxy) is 1. The lowest BCUT2D eigenvalue weighted by molar-refractivity contribution is -0.134. The van der Waals surface area contributed by atoms with E-state index in [1.54, 1.807) is 7.11 Å². The smallest absolute Gasteiger partial charge is 0.247 e. The lowest BCUT2D eigenvalue weighted by atomic mass is 10.2. The molecular weight excluding hydrogens is 316 g/mol. The topological polar surface area (TPSA) is 50.6 Å². The Morgan fingerprint density at radius 1 is 1.12 bits per heavy atom. The van der Waals surface area contributed by atoms with Crippen LogP contribution in [0, 0.1) is 13.8 Å². The summed E-state index contributed by atoms with van der Waals surface area (Å²) in [6, 6.07) is 9.81. The van der Waals surface area contributed by atoms with Crippen LogP contribution in [0.3, 0.4) is 0 Å². The maximum absolute atomic E-state index is 12.8. The summed E-state index contributed by atoms with van der Waals surface area (Å²) in [7, 11) is 1.67. The number of methoxy groups -OCH3 is 1. The molecule has 6 nitrogen and oxygen atoms in total. The second-order valence-corrected chi connectivity index (χ2v) is 6.56. The highest BCUT2D eigenvalue weighted by Crippen LogP contribution is 2.21. The maximum atomic E-state index is 12.8. The molecule has 0 spiro atoms. The molecule has 1 fully saturated rings. The van der Waals surface area contributed by atoms with E-state index in [1.807, 2.05) is 48.6 Å². The standard InChI is InChI=1S/C19H26N4O2/c1-14-13-15(2)23(20-14)16(3)19(24)22-11-9-21(10-12-22)17-5-7-18(25-4)8-6-17/h5-8,13,16H,9-12H2,1-4H3/t16-/m1/s1. The van der Waals surface area contributed by atoms with Crippen molar-refractivity contribution in [2.45, 2.75) is 26.8 Å². The summed E-state index contributed by atoms with van der Waals surface area (Å²) in [6.07, 6.45) is 0. The van der Waals surface area contributed by atoms with E-state index in [9.17, 15) is 4.79 Å². The van der Waals surface area contributed by atoms with E-state index < -0.39 is 0 Å². The van der Waals surface area contributed by atoms with Crippen molar-refractivity contribution < 1.29 is 9.53 Å². The number of amides is 1. The maximum Gasteiger partial charge on any atom is 0.247 e. The van der Waals surface area contributed by atoms with Gasteiger partial charge in [-0.2, -0.15) is 5.10 Å². The van der Waals surface area contributed by atoms with Crippen molar-refractivity contribution in [2.75, 3.05) is 38.2 Å². The largest absolute Gasteiger partial charge is 0.497 e. The molecule has 1 amide bonds. The Bertz CT molecular complexity index is 730. The molecule has 1 saturated heterocycles. The number of benzene rings is 1. The summed E-state index contributed by atoms with van der Waals surface area (Å²) < 4.78 is 7.03. The Kier molecular flexibility index (Phi) is 4.97. The Labute approximate surface area is 149 Å². The first-order valence-electron chi connectivity index (χ1n) is 8.70. The van der Waals surface area contributed by atoms with E-state index in [1.165, 1.54) is 5.69 Å². The van der Waals surface area contributed by atoms with Crippen LogP contribution in [0.5, 0.6) is 5.75 Å². The zero-order chi connectivity index (χ0) is 18.0. The molecule has 1 aliphatic rings. The third kappa shape index (κ3) is 3.62. The fraction of sp³-hybridized carbons (Fsp3) is 0.474. The Balaban J connectivity index is 1.61. The minimum atomic E-state index is -0.263. The van der Waals surface area contributed by atoms with Gasteiger partial charge >= 0.3 is 0 Å². The quantitative estimate of drug-likeness (QED) is 0.856. The molecule has 0 bridgehead atoms. The molecule has 0 unspecified atom stereocenters. The number of rotatable bonds is 4. The van der Waals surface area contributed by atoms with Crippen molar-refractivity contribution in [3.8, 4) is 5.75 Å². The van der Waals surface area contributed by atoms with Gasteiger partial charge in [-0.15, -0.1) is 0 Å². The van der Waals surface area contributed by atoms with Crippen LogP contribution in [-0.4, -0.2) is 53.9 Å². The summed E-state index contributed by atoms with van der Waals surface area (Å²) in [4.78, 5) is 17.1. The number of aromatic nitrogens is 2. The van der Waals surface area contributed by atoms with Gasteiger partial charge in [0.25, 0.3) is 0 Å². The van der Waals surface area contributed by atoms with Crippen molar-refractivity contribution in [3.63, 3.8) is 0 Å². The summed E-state index contributed by atoms with van der Waals surface area (Å²) in [5.74, 6) is 0.997. The minimum Gasteiger partial charge on any atom is -0.497 e. The third-order valence-corrected chi connectivity index (χ3v) is 4.80. The van der Waals surface area contributed by atoms with Crippen LogP contribution in [0.25, 0.3) is 0 Å². The van der Waals surface area contributed by atoms with Gasteiger partial charge in [-0.1, -0.05) is 0 Å². The highest BCUT2D eigenvalue weighted by atomic mass is 16.5. The van der Waals surface area contributed by atoms with Crippen LogP contribution in [0.2, 0.25) is 0 Å². The predicted molar refractivity (Wildman–Crippen MR) is 98.2 cm³/mol. The molecule has 2 aromatic rings. The molecule has 1 atom stereocenters. The summed E-state index contributed by atoms with van der Waals surface area (Å²) in [5.41, 5.74) is 3.14. The fourth-order valence-corrected chi connectivity index (χ4v) is 3.39. The van der Waals surface area contributed by atoms with Gasteiger partial charge in [0.05, 0.1) is 12.8 Å². The third-order valence-electron chi connectivity index (χ3n) is 4.80. The number of carbonyl (C=O) groups is 1. The van der Waals surface area contributed by atoms with Gasteiger partial charge in [0.2, 0.25) is 5.91 Å². The molecule has 134 valence electrons. The van der Waals surface area contributed by atoms with Crippen LogP contribution in [0.4, 0.5) is 5.69 Å². The molecule has 3 rings (SSSR count). The summed E-state index contributed by atoms with van der Waals surface area (Å²) in [5, 5.41) is 4.45. The molecule has 2 heterocycles. The van der Waals surface area contributed by atoms with Crippen LogP contribution in [0.1, 0.15) is 24.4 Å². The van der Waals surface area contributed by atoms with E-state index in [4.69, 9.17) is 4.74 Å². The molecule has 1 aliphatic heterocycles. The first-order chi connectivity index (χ1) is 12.0. The van der Waals surface area contributed by atoms with Crippen molar-refractivity contribution in [3.05, 3.63) is 41.7 Å². The van der Waals surface area contributed by atoms with Crippen molar-refractivity contribution in [1.29, 1.82) is 0 Å². The van der Waals surface area contributed by atoms with Crippen LogP contribution in [0.15, 0.2) is 30.3 Å². The van der Waals surface area contributed by atoms with Gasteiger partial charge in [0, 0.05) is 37.6 Å². The zero-order valence-electron chi connectivity index (χ0n) is 15.4. The van der Waals surface area contributed by atoms with Crippen molar-refractivity contribution >= 4 is 11.6 Å². The summed E-state index contributed by atoms with van der Waals surface area (Å²) in [6.45, 7) is 9.00. The second-order valence-electron chi connectivity index (χ2n) is 6.56. The number of hydrogen-bond acceptors (Lipinski definition) is 4. The number of hydrogen-bond donors (Lipinski definition) is 0.